The molecule has 1 aromatic rings. The van der Waals surface area contributed by atoms with Gasteiger partial charge in [-0.2, -0.15) is 18.2 Å². The van der Waals surface area contributed by atoms with E-state index in [4.69, 9.17) is 0 Å². The first-order valence-electron chi connectivity index (χ1n) is 6.94. The second-order valence-electron chi connectivity index (χ2n) is 5.49. The van der Waals surface area contributed by atoms with Crippen LogP contribution in [0.25, 0.3) is 0 Å². The van der Waals surface area contributed by atoms with Gasteiger partial charge in [-0.25, -0.2) is 18.7 Å². The highest BCUT2D eigenvalue weighted by Gasteiger charge is 2.38. The summed E-state index contributed by atoms with van der Waals surface area (Å²) in [5, 5.41) is 5.03. The van der Waals surface area contributed by atoms with E-state index in [0.717, 1.165) is 13.3 Å². The van der Waals surface area contributed by atoms with Crippen LogP contribution in [-0.2, 0) is 4.79 Å². The number of hydrogen-bond acceptors (Lipinski definition) is 6. The summed E-state index contributed by atoms with van der Waals surface area (Å²) in [6, 6.07) is -0.609. The standard InChI is InChI=1S/C12H15F5N6O/c1-11(13,14)4-18-9-19-6-20-10(22-9)21-7-2-8(24)23(3-7)5-12(15,16)17/h6-7H,2-5H2,1H3,(H2,18,19,20,21,22). The van der Waals surface area contributed by atoms with Crippen molar-refractivity contribution in [2.75, 3.05) is 30.3 Å². The first-order valence-corrected chi connectivity index (χ1v) is 6.94. The fourth-order valence-corrected chi connectivity index (χ4v) is 2.11. The molecule has 2 rings (SSSR count). The largest absolute Gasteiger partial charge is 0.406 e. The van der Waals surface area contributed by atoms with E-state index in [2.05, 4.69) is 25.6 Å². The summed E-state index contributed by atoms with van der Waals surface area (Å²) in [7, 11) is 0. The van der Waals surface area contributed by atoms with Crippen LogP contribution in [0.3, 0.4) is 0 Å². The lowest BCUT2D eigenvalue weighted by Crippen LogP contribution is -2.36. The molecule has 1 aliphatic rings. The lowest BCUT2D eigenvalue weighted by molar-refractivity contribution is -0.157. The van der Waals surface area contributed by atoms with Gasteiger partial charge in [-0.3, -0.25) is 4.79 Å². The van der Waals surface area contributed by atoms with Crippen LogP contribution in [0.4, 0.5) is 33.8 Å². The molecule has 2 N–H and O–H groups in total. The quantitative estimate of drug-likeness (QED) is 0.754. The number of anilines is 2. The molecule has 12 heteroatoms. The van der Waals surface area contributed by atoms with Crippen LogP contribution in [0.5, 0.6) is 0 Å². The molecule has 1 aromatic heterocycles. The van der Waals surface area contributed by atoms with E-state index in [9.17, 15) is 26.7 Å². The van der Waals surface area contributed by atoms with Crippen molar-refractivity contribution in [1.82, 2.24) is 19.9 Å². The molecule has 1 aliphatic heterocycles. The number of carbonyl (C=O) groups is 1. The van der Waals surface area contributed by atoms with Crippen LogP contribution in [0, 0.1) is 0 Å². The van der Waals surface area contributed by atoms with Crippen molar-refractivity contribution in [1.29, 1.82) is 0 Å². The molecular weight excluding hydrogens is 339 g/mol. The molecule has 1 unspecified atom stereocenters. The molecule has 0 spiro atoms. The molecule has 24 heavy (non-hydrogen) atoms. The Hall–Kier alpha value is -2.27. The first kappa shape index (κ1) is 18.1. The zero-order valence-electron chi connectivity index (χ0n) is 12.6. The zero-order valence-corrected chi connectivity index (χ0v) is 12.6. The monoisotopic (exact) mass is 354 g/mol. The van der Waals surface area contributed by atoms with Gasteiger partial charge in [0, 0.05) is 19.9 Å². The zero-order chi connectivity index (χ0) is 18.0. The predicted octanol–water partition coefficient (Wildman–Crippen LogP) is 1.51. The van der Waals surface area contributed by atoms with Gasteiger partial charge in [0.15, 0.2) is 0 Å². The fourth-order valence-electron chi connectivity index (χ4n) is 2.11. The molecule has 0 saturated carbocycles. The van der Waals surface area contributed by atoms with Crippen molar-refractivity contribution < 1.29 is 26.7 Å². The van der Waals surface area contributed by atoms with Gasteiger partial charge in [0.1, 0.15) is 12.9 Å². The number of rotatable bonds is 6. The highest BCUT2D eigenvalue weighted by molar-refractivity contribution is 5.80. The molecule has 1 saturated heterocycles. The van der Waals surface area contributed by atoms with Crippen LogP contribution >= 0.6 is 0 Å². The minimum Gasteiger partial charge on any atom is -0.349 e. The Bertz CT molecular complexity index is 590. The summed E-state index contributed by atoms with van der Waals surface area (Å²) in [4.78, 5) is 23.5. The summed E-state index contributed by atoms with van der Waals surface area (Å²) in [5.74, 6) is -3.72. The van der Waals surface area contributed by atoms with Crippen molar-refractivity contribution in [2.45, 2.75) is 31.5 Å². The molecule has 2 heterocycles. The van der Waals surface area contributed by atoms with Gasteiger partial charge in [0.05, 0.1) is 12.6 Å². The minimum atomic E-state index is -4.47. The highest BCUT2D eigenvalue weighted by atomic mass is 19.4. The van der Waals surface area contributed by atoms with Crippen molar-refractivity contribution in [3.63, 3.8) is 0 Å². The molecule has 1 atom stereocenters. The molecule has 0 aliphatic carbocycles. The van der Waals surface area contributed by atoms with E-state index < -0.39 is 37.1 Å². The van der Waals surface area contributed by atoms with Crippen molar-refractivity contribution in [3.05, 3.63) is 6.33 Å². The Balaban J connectivity index is 1.93. The van der Waals surface area contributed by atoms with Crippen LogP contribution in [-0.4, -0.2) is 63.5 Å². The molecule has 0 aromatic carbocycles. The minimum absolute atomic E-state index is 0.0152. The number of carbonyl (C=O) groups excluding carboxylic acids is 1. The van der Waals surface area contributed by atoms with Gasteiger partial charge in [-0.1, -0.05) is 0 Å². The van der Waals surface area contributed by atoms with Crippen molar-refractivity contribution in [3.8, 4) is 0 Å². The molecule has 134 valence electrons. The summed E-state index contributed by atoms with van der Waals surface area (Å²) >= 11 is 0. The van der Waals surface area contributed by atoms with E-state index in [-0.39, 0.29) is 24.9 Å². The van der Waals surface area contributed by atoms with Gasteiger partial charge in [-0.15, -0.1) is 0 Å². The summed E-state index contributed by atoms with van der Waals surface area (Å²) < 4.78 is 62.6. The third-order valence-electron chi connectivity index (χ3n) is 3.05. The van der Waals surface area contributed by atoms with Crippen LogP contribution in [0.15, 0.2) is 6.33 Å². The third-order valence-corrected chi connectivity index (χ3v) is 3.05. The van der Waals surface area contributed by atoms with Gasteiger partial charge in [0.2, 0.25) is 17.8 Å². The number of hydrogen-bond donors (Lipinski definition) is 2. The molecule has 0 radical (unpaired) electrons. The smallest absolute Gasteiger partial charge is 0.349 e. The number of amides is 1. The van der Waals surface area contributed by atoms with Crippen LogP contribution in [0.2, 0.25) is 0 Å². The lowest BCUT2D eigenvalue weighted by atomic mass is 10.3. The average Bonchev–Trinajstić information content (AvgIpc) is 2.74. The Kier molecular flexibility index (Phi) is 5.04. The van der Waals surface area contributed by atoms with E-state index in [1.165, 1.54) is 0 Å². The molecule has 1 amide bonds. The number of halogens is 5. The molecular formula is C12H15F5N6O. The van der Waals surface area contributed by atoms with E-state index in [0.29, 0.717) is 4.90 Å². The SMILES string of the molecule is CC(F)(F)CNc1ncnc(NC2CC(=O)N(CC(F)(F)F)C2)n1. The maximum Gasteiger partial charge on any atom is 0.406 e. The van der Waals surface area contributed by atoms with Gasteiger partial charge >= 0.3 is 6.18 Å². The summed E-state index contributed by atoms with van der Waals surface area (Å²) in [5.41, 5.74) is 0. The Morgan fingerprint density at radius 1 is 1.25 bits per heavy atom. The Labute approximate surface area is 133 Å². The number of nitrogens with zero attached hydrogens (tertiary/aromatic N) is 4. The van der Waals surface area contributed by atoms with Gasteiger partial charge in [-0.05, 0) is 0 Å². The van der Waals surface area contributed by atoms with Gasteiger partial charge in [0.25, 0.3) is 5.92 Å². The van der Waals surface area contributed by atoms with E-state index in [1.54, 1.807) is 0 Å². The summed E-state index contributed by atoms with van der Waals surface area (Å²) in [6.07, 6.45) is -3.55. The van der Waals surface area contributed by atoms with Crippen molar-refractivity contribution in [2.24, 2.45) is 0 Å². The van der Waals surface area contributed by atoms with Crippen molar-refractivity contribution >= 4 is 17.8 Å². The molecule has 0 bridgehead atoms. The highest BCUT2D eigenvalue weighted by Crippen LogP contribution is 2.22. The maximum absolute atomic E-state index is 12.8. The van der Waals surface area contributed by atoms with E-state index >= 15 is 0 Å². The van der Waals surface area contributed by atoms with Crippen LogP contribution < -0.4 is 10.6 Å². The Morgan fingerprint density at radius 3 is 2.54 bits per heavy atom. The second-order valence-corrected chi connectivity index (χ2v) is 5.49. The number of nitrogens with one attached hydrogen (secondary N) is 2. The molecule has 7 nitrogen and oxygen atoms in total. The number of likely N-dealkylation sites (tertiary alicyclic amines) is 1. The number of alkyl halides is 5. The second kappa shape index (κ2) is 6.69. The van der Waals surface area contributed by atoms with Crippen LogP contribution in [0.1, 0.15) is 13.3 Å². The molecule has 1 fully saturated rings. The topological polar surface area (TPSA) is 83.0 Å². The normalized spacial score (nSPS) is 18.8. The van der Waals surface area contributed by atoms with E-state index in [1.807, 2.05) is 0 Å². The third kappa shape index (κ3) is 5.74. The number of aromatic nitrogens is 3. The lowest BCUT2D eigenvalue weighted by Gasteiger charge is -2.18. The Morgan fingerprint density at radius 2 is 1.92 bits per heavy atom. The van der Waals surface area contributed by atoms with Gasteiger partial charge < -0.3 is 15.5 Å². The first-order chi connectivity index (χ1) is 11.0. The average molecular weight is 354 g/mol. The predicted molar refractivity (Wildman–Crippen MR) is 73.6 cm³/mol. The maximum atomic E-state index is 12.8. The summed E-state index contributed by atoms with van der Waals surface area (Å²) in [6.45, 7) is -1.43. The fraction of sp³-hybridized carbons (Fsp3) is 0.667.